The van der Waals surface area contributed by atoms with Crippen LogP contribution in [0.15, 0.2) is 4.52 Å². The van der Waals surface area contributed by atoms with Gasteiger partial charge in [-0.2, -0.15) is 4.98 Å². The normalized spacial score (nSPS) is 22.1. The fourth-order valence-corrected chi connectivity index (χ4v) is 3.15. The van der Waals surface area contributed by atoms with E-state index in [1.807, 2.05) is 4.90 Å². The maximum absolute atomic E-state index is 10.7. The number of rotatable bonds is 3. The van der Waals surface area contributed by atoms with Gasteiger partial charge in [-0.3, -0.25) is 0 Å². The van der Waals surface area contributed by atoms with Crippen molar-refractivity contribution in [1.82, 2.24) is 15.0 Å². The Balaban J connectivity index is 1.56. The first-order chi connectivity index (χ1) is 9.74. The molecule has 0 atom stereocenters. The van der Waals surface area contributed by atoms with Gasteiger partial charge in [-0.15, -0.1) is 0 Å². The van der Waals surface area contributed by atoms with E-state index in [4.69, 9.17) is 9.63 Å². The molecule has 0 amide bonds. The number of likely N-dealkylation sites (tertiary alicyclic amines) is 1. The summed E-state index contributed by atoms with van der Waals surface area (Å²) in [4.78, 5) is 19.2. The molecular weight excluding hydrogens is 260 g/mol. The number of carbonyl (C=O) groups is 1. The van der Waals surface area contributed by atoms with Gasteiger partial charge in [-0.25, -0.2) is 4.79 Å². The smallest absolute Gasteiger partial charge is 0.394 e. The van der Waals surface area contributed by atoms with Gasteiger partial charge in [-0.05, 0) is 43.9 Å². The van der Waals surface area contributed by atoms with Crippen molar-refractivity contribution in [3.8, 4) is 0 Å². The summed E-state index contributed by atoms with van der Waals surface area (Å²) < 4.78 is 4.71. The van der Waals surface area contributed by atoms with Gasteiger partial charge in [0.15, 0.2) is 0 Å². The third-order valence-electron chi connectivity index (χ3n) is 4.25. The van der Waals surface area contributed by atoms with E-state index in [0.717, 1.165) is 25.9 Å². The van der Waals surface area contributed by atoms with Gasteiger partial charge < -0.3 is 19.4 Å². The summed E-state index contributed by atoms with van der Waals surface area (Å²) in [5, 5.41) is 12.5. The SMILES string of the molecule is O=C(O)c1nc(N2CCC(N3CCCCC3)CC2)no1. The number of aromatic nitrogens is 2. The number of anilines is 1. The predicted molar refractivity (Wildman–Crippen MR) is 71.9 cm³/mol. The predicted octanol–water partition coefficient (Wildman–Crippen LogP) is 1.22. The Morgan fingerprint density at radius 2 is 1.85 bits per heavy atom. The average Bonchev–Trinajstić information content (AvgIpc) is 2.98. The topological polar surface area (TPSA) is 82.7 Å². The zero-order chi connectivity index (χ0) is 13.9. The highest BCUT2D eigenvalue weighted by Gasteiger charge is 2.27. The zero-order valence-electron chi connectivity index (χ0n) is 11.5. The lowest BCUT2D eigenvalue weighted by Crippen LogP contribution is -2.47. The molecule has 2 fully saturated rings. The first-order valence-corrected chi connectivity index (χ1v) is 7.30. The standard InChI is InChI=1S/C13H20N4O3/c18-12(19)11-14-13(15-20-11)17-8-4-10(5-9-17)16-6-2-1-3-7-16/h10H,1-9H2,(H,18,19). The number of piperidine rings is 2. The molecule has 1 N–H and O–H groups in total. The lowest BCUT2D eigenvalue weighted by Gasteiger charge is -2.39. The molecule has 1 aromatic heterocycles. The van der Waals surface area contributed by atoms with Crippen molar-refractivity contribution in [2.24, 2.45) is 0 Å². The molecule has 0 spiro atoms. The Bertz CT molecular complexity index is 462. The van der Waals surface area contributed by atoms with E-state index >= 15 is 0 Å². The van der Waals surface area contributed by atoms with Crippen molar-refractivity contribution in [2.45, 2.75) is 38.1 Å². The van der Waals surface area contributed by atoms with Crippen LogP contribution in [0, 0.1) is 0 Å². The van der Waals surface area contributed by atoms with Crippen molar-refractivity contribution < 1.29 is 14.4 Å². The first-order valence-electron chi connectivity index (χ1n) is 7.30. The second kappa shape index (κ2) is 5.78. The fourth-order valence-electron chi connectivity index (χ4n) is 3.15. The van der Waals surface area contributed by atoms with Crippen molar-refractivity contribution in [3.63, 3.8) is 0 Å². The van der Waals surface area contributed by atoms with Crippen LogP contribution in [0.25, 0.3) is 0 Å². The van der Waals surface area contributed by atoms with Crippen LogP contribution in [-0.4, -0.2) is 58.3 Å². The Kier molecular flexibility index (Phi) is 3.86. The minimum absolute atomic E-state index is 0.335. The molecular formula is C13H20N4O3. The molecule has 7 nitrogen and oxygen atoms in total. The molecule has 0 radical (unpaired) electrons. The second-order valence-electron chi connectivity index (χ2n) is 5.52. The molecule has 0 saturated carbocycles. The minimum Gasteiger partial charge on any atom is -0.474 e. The van der Waals surface area contributed by atoms with E-state index in [2.05, 4.69) is 15.0 Å². The second-order valence-corrected chi connectivity index (χ2v) is 5.52. The molecule has 0 bridgehead atoms. The minimum atomic E-state index is -1.17. The van der Waals surface area contributed by atoms with Gasteiger partial charge in [0.1, 0.15) is 0 Å². The van der Waals surface area contributed by atoms with Crippen molar-refractivity contribution >= 4 is 11.9 Å². The monoisotopic (exact) mass is 280 g/mol. The zero-order valence-corrected chi connectivity index (χ0v) is 11.5. The van der Waals surface area contributed by atoms with E-state index in [1.165, 1.54) is 32.4 Å². The molecule has 0 unspecified atom stereocenters. The Morgan fingerprint density at radius 3 is 2.45 bits per heavy atom. The van der Waals surface area contributed by atoms with Gasteiger partial charge in [-0.1, -0.05) is 6.42 Å². The number of hydrogen-bond acceptors (Lipinski definition) is 6. The summed E-state index contributed by atoms with van der Waals surface area (Å²) in [5.74, 6) is -1.11. The van der Waals surface area contributed by atoms with E-state index in [-0.39, 0.29) is 5.89 Å². The number of aromatic carboxylic acids is 1. The lowest BCUT2D eigenvalue weighted by molar-refractivity contribution is 0.0643. The summed E-state index contributed by atoms with van der Waals surface area (Å²) in [7, 11) is 0. The molecule has 2 aliphatic heterocycles. The van der Waals surface area contributed by atoms with Gasteiger partial charge in [0.25, 0.3) is 5.95 Å². The molecule has 3 rings (SSSR count). The van der Waals surface area contributed by atoms with Crippen LogP contribution in [0.1, 0.15) is 42.8 Å². The van der Waals surface area contributed by atoms with Crippen LogP contribution in [0.5, 0.6) is 0 Å². The molecule has 110 valence electrons. The third kappa shape index (κ3) is 2.77. The van der Waals surface area contributed by atoms with Crippen LogP contribution in [-0.2, 0) is 0 Å². The molecule has 2 aliphatic rings. The highest BCUT2D eigenvalue weighted by molar-refractivity contribution is 5.82. The first kappa shape index (κ1) is 13.4. The Morgan fingerprint density at radius 1 is 1.15 bits per heavy atom. The maximum Gasteiger partial charge on any atom is 0.394 e. The van der Waals surface area contributed by atoms with Crippen molar-refractivity contribution in [3.05, 3.63) is 5.89 Å². The van der Waals surface area contributed by atoms with E-state index in [9.17, 15) is 4.79 Å². The summed E-state index contributed by atoms with van der Waals surface area (Å²) in [6.45, 7) is 4.16. The highest BCUT2D eigenvalue weighted by Crippen LogP contribution is 2.23. The van der Waals surface area contributed by atoms with Gasteiger partial charge in [0.2, 0.25) is 0 Å². The molecule has 0 aromatic carbocycles. The summed E-state index contributed by atoms with van der Waals surface area (Å²) in [6.07, 6.45) is 6.14. The van der Waals surface area contributed by atoms with Crippen LogP contribution in [0.3, 0.4) is 0 Å². The number of carboxylic acids is 1. The van der Waals surface area contributed by atoms with E-state index in [0.29, 0.717) is 12.0 Å². The number of nitrogens with zero attached hydrogens (tertiary/aromatic N) is 4. The lowest BCUT2D eigenvalue weighted by atomic mass is 10.0. The van der Waals surface area contributed by atoms with E-state index in [1.54, 1.807) is 0 Å². The largest absolute Gasteiger partial charge is 0.474 e. The van der Waals surface area contributed by atoms with Gasteiger partial charge in [0, 0.05) is 19.1 Å². The maximum atomic E-state index is 10.7. The average molecular weight is 280 g/mol. The van der Waals surface area contributed by atoms with Crippen LogP contribution in [0.2, 0.25) is 0 Å². The molecule has 1 aromatic rings. The number of carboxylic acid groups (broad SMARTS) is 1. The van der Waals surface area contributed by atoms with Crippen molar-refractivity contribution in [1.29, 1.82) is 0 Å². The fraction of sp³-hybridized carbons (Fsp3) is 0.769. The molecule has 2 saturated heterocycles. The van der Waals surface area contributed by atoms with Crippen LogP contribution < -0.4 is 4.90 Å². The molecule has 20 heavy (non-hydrogen) atoms. The Labute approximate surface area is 117 Å². The molecule has 7 heteroatoms. The molecule has 3 heterocycles. The Hall–Kier alpha value is -1.63. The summed E-state index contributed by atoms with van der Waals surface area (Å²) >= 11 is 0. The van der Waals surface area contributed by atoms with Gasteiger partial charge in [0.05, 0.1) is 0 Å². The van der Waals surface area contributed by atoms with Crippen LogP contribution >= 0.6 is 0 Å². The third-order valence-corrected chi connectivity index (χ3v) is 4.25. The quantitative estimate of drug-likeness (QED) is 0.891. The summed E-state index contributed by atoms with van der Waals surface area (Å²) in [5.41, 5.74) is 0. The highest BCUT2D eigenvalue weighted by atomic mass is 16.5. The summed E-state index contributed by atoms with van der Waals surface area (Å²) in [6, 6.07) is 0.650. The number of hydrogen-bond donors (Lipinski definition) is 1. The molecule has 0 aliphatic carbocycles. The van der Waals surface area contributed by atoms with Crippen LogP contribution in [0.4, 0.5) is 5.95 Å². The van der Waals surface area contributed by atoms with E-state index < -0.39 is 5.97 Å². The van der Waals surface area contributed by atoms with Crippen molar-refractivity contribution in [2.75, 3.05) is 31.1 Å². The van der Waals surface area contributed by atoms with Gasteiger partial charge >= 0.3 is 11.9 Å².